The van der Waals surface area contributed by atoms with E-state index in [1.54, 1.807) is 0 Å². The number of ketones is 1. The van der Waals surface area contributed by atoms with Gasteiger partial charge in [0.25, 0.3) is 0 Å². The van der Waals surface area contributed by atoms with Gasteiger partial charge in [0.1, 0.15) is 11.6 Å². The van der Waals surface area contributed by atoms with Crippen LogP contribution in [0, 0.1) is 11.6 Å². The molecule has 1 saturated carbocycles. The molecule has 0 amide bonds. The first-order chi connectivity index (χ1) is 14.4. The van der Waals surface area contributed by atoms with Crippen molar-refractivity contribution in [2.75, 3.05) is 0 Å². The SMILES string of the molecule is O=C1/C(=C/c2c(F)cccc2C(F)(F)F)CCC/C1=C\c1c(F)cccc1C(F)(F)F. The quantitative estimate of drug-likeness (QED) is 0.352. The molecule has 0 spiro atoms. The minimum Gasteiger partial charge on any atom is -0.289 e. The Bertz CT molecular complexity index is 990. The van der Waals surface area contributed by atoms with Gasteiger partial charge in [-0.15, -0.1) is 0 Å². The summed E-state index contributed by atoms with van der Waals surface area (Å²) in [5.41, 5.74) is -4.62. The molecule has 9 heteroatoms. The molecule has 0 saturated heterocycles. The molecule has 2 aromatic carbocycles. The van der Waals surface area contributed by atoms with Crippen LogP contribution in [0.15, 0.2) is 47.5 Å². The first kappa shape index (κ1) is 22.7. The standard InChI is InChI=1S/C22H14F8O/c23-18-8-2-6-16(21(25,26)27)14(18)10-12-4-1-5-13(20(12)31)11-15-17(22(28,29)30)7-3-9-19(15)24/h2-3,6-11H,1,4-5H2/b12-10+,13-11+. The van der Waals surface area contributed by atoms with Gasteiger partial charge in [-0.25, -0.2) is 8.78 Å². The van der Waals surface area contributed by atoms with Gasteiger partial charge in [-0.1, -0.05) is 12.1 Å². The summed E-state index contributed by atoms with van der Waals surface area (Å²) in [6, 6.07) is 4.69. The lowest BCUT2D eigenvalue weighted by molar-refractivity contribution is -0.138. The van der Waals surface area contributed by atoms with Gasteiger partial charge in [0.05, 0.1) is 11.1 Å². The number of hydrogen-bond acceptors (Lipinski definition) is 1. The molecular formula is C22H14F8O. The monoisotopic (exact) mass is 446 g/mol. The Morgan fingerprint density at radius 3 is 1.42 bits per heavy atom. The second-order valence-corrected chi connectivity index (χ2v) is 6.92. The average molecular weight is 446 g/mol. The first-order valence-corrected chi connectivity index (χ1v) is 9.07. The van der Waals surface area contributed by atoms with Gasteiger partial charge in [0.15, 0.2) is 5.78 Å². The molecule has 0 aromatic heterocycles. The summed E-state index contributed by atoms with van der Waals surface area (Å²) in [6.45, 7) is 0. The van der Waals surface area contributed by atoms with Gasteiger partial charge in [0.2, 0.25) is 0 Å². The van der Waals surface area contributed by atoms with Gasteiger partial charge in [-0.3, -0.25) is 4.79 Å². The maximum absolute atomic E-state index is 14.1. The van der Waals surface area contributed by atoms with Gasteiger partial charge in [0, 0.05) is 22.3 Å². The number of carbonyl (C=O) groups excluding carboxylic acids is 1. The van der Waals surface area contributed by atoms with Crippen LogP contribution in [-0.2, 0) is 17.1 Å². The lowest BCUT2D eigenvalue weighted by atomic mass is 9.85. The van der Waals surface area contributed by atoms with E-state index >= 15 is 0 Å². The smallest absolute Gasteiger partial charge is 0.289 e. The van der Waals surface area contributed by atoms with Crippen LogP contribution in [0.3, 0.4) is 0 Å². The van der Waals surface area contributed by atoms with E-state index in [1.165, 1.54) is 0 Å². The number of allylic oxidation sites excluding steroid dienone is 2. The number of halogens is 8. The largest absolute Gasteiger partial charge is 0.417 e. The van der Waals surface area contributed by atoms with Crippen molar-refractivity contribution in [3.8, 4) is 0 Å². The predicted octanol–water partition coefficient (Wildman–Crippen LogP) is 7.22. The fraction of sp³-hybridized carbons (Fsp3) is 0.227. The van der Waals surface area contributed by atoms with Crippen molar-refractivity contribution in [2.45, 2.75) is 31.6 Å². The van der Waals surface area contributed by atoms with Crippen molar-refractivity contribution in [1.29, 1.82) is 0 Å². The van der Waals surface area contributed by atoms with Crippen molar-refractivity contribution in [1.82, 2.24) is 0 Å². The molecule has 1 fully saturated rings. The Labute approximate surface area is 171 Å². The molecule has 1 nitrogen and oxygen atoms in total. The van der Waals surface area contributed by atoms with E-state index in [-0.39, 0.29) is 30.4 Å². The molecule has 0 atom stereocenters. The minimum absolute atomic E-state index is 0.00516. The predicted molar refractivity (Wildman–Crippen MR) is 97.6 cm³/mol. The summed E-state index contributed by atoms with van der Waals surface area (Å²) in [5.74, 6) is -3.24. The lowest BCUT2D eigenvalue weighted by Gasteiger charge is -2.19. The molecule has 164 valence electrons. The third-order valence-electron chi connectivity index (χ3n) is 4.83. The zero-order valence-corrected chi connectivity index (χ0v) is 15.7. The summed E-state index contributed by atoms with van der Waals surface area (Å²) in [5, 5.41) is 0. The van der Waals surface area contributed by atoms with E-state index in [2.05, 4.69) is 0 Å². The van der Waals surface area contributed by atoms with Gasteiger partial charge >= 0.3 is 12.4 Å². The fourth-order valence-corrected chi connectivity index (χ4v) is 3.39. The normalized spacial score (nSPS) is 18.1. The molecule has 31 heavy (non-hydrogen) atoms. The second-order valence-electron chi connectivity index (χ2n) is 6.92. The molecule has 3 rings (SSSR count). The summed E-state index contributed by atoms with van der Waals surface area (Å²) < 4.78 is 107. The number of alkyl halides is 6. The number of Topliss-reactive ketones (excluding diaryl/α,β-unsaturated/α-hetero) is 1. The highest BCUT2D eigenvalue weighted by Crippen LogP contribution is 2.38. The Kier molecular flexibility index (Phi) is 6.07. The number of hydrogen-bond donors (Lipinski definition) is 0. The van der Waals surface area contributed by atoms with Crippen LogP contribution in [-0.4, -0.2) is 5.78 Å². The van der Waals surface area contributed by atoms with Crippen molar-refractivity contribution < 1.29 is 39.9 Å². The van der Waals surface area contributed by atoms with Crippen LogP contribution in [0.4, 0.5) is 35.1 Å². The maximum atomic E-state index is 14.1. The van der Waals surface area contributed by atoms with Gasteiger partial charge in [-0.2, -0.15) is 26.3 Å². The van der Waals surface area contributed by atoms with Crippen molar-refractivity contribution in [3.05, 3.63) is 81.4 Å². The average Bonchev–Trinajstić information content (AvgIpc) is 2.66. The molecule has 1 aliphatic carbocycles. The minimum atomic E-state index is -4.88. The van der Waals surface area contributed by atoms with Crippen LogP contribution in [0.25, 0.3) is 12.2 Å². The van der Waals surface area contributed by atoms with Crippen LogP contribution in [0.1, 0.15) is 41.5 Å². The molecule has 0 aliphatic heterocycles. The van der Waals surface area contributed by atoms with Crippen LogP contribution in [0.2, 0.25) is 0 Å². The third-order valence-corrected chi connectivity index (χ3v) is 4.83. The molecule has 0 radical (unpaired) electrons. The Morgan fingerprint density at radius 2 is 1.06 bits per heavy atom. The lowest BCUT2D eigenvalue weighted by Crippen LogP contribution is -2.15. The van der Waals surface area contributed by atoms with Crippen LogP contribution < -0.4 is 0 Å². The molecule has 0 bridgehead atoms. The number of benzene rings is 2. The number of carbonyl (C=O) groups is 1. The van der Waals surface area contributed by atoms with Crippen molar-refractivity contribution in [2.24, 2.45) is 0 Å². The number of rotatable bonds is 2. The zero-order chi connectivity index (χ0) is 23.0. The Balaban J connectivity index is 2.08. The summed E-state index contributed by atoms with van der Waals surface area (Å²) in [4.78, 5) is 12.7. The van der Waals surface area contributed by atoms with E-state index in [0.717, 1.165) is 36.4 Å². The third kappa shape index (κ3) is 4.86. The first-order valence-electron chi connectivity index (χ1n) is 9.07. The van der Waals surface area contributed by atoms with E-state index in [9.17, 15) is 39.9 Å². The van der Waals surface area contributed by atoms with E-state index in [4.69, 9.17) is 0 Å². The molecule has 2 aromatic rings. The summed E-state index contributed by atoms with van der Waals surface area (Å²) in [6.07, 6.45) is -8.00. The Morgan fingerprint density at radius 1 is 0.677 bits per heavy atom. The highest BCUT2D eigenvalue weighted by molar-refractivity contribution is 6.14. The summed E-state index contributed by atoms with van der Waals surface area (Å²) in [7, 11) is 0. The molecular weight excluding hydrogens is 432 g/mol. The molecule has 1 aliphatic rings. The molecule has 0 unspecified atom stereocenters. The highest BCUT2D eigenvalue weighted by Gasteiger charge is 2.36. The van der Waals surface area contributed by atoms with Crippen molar-refractivity contribution >= 4 is 17.9 Å². The topological polar surface area (TPSA) is 17.1 Å². The van der Waals surface area contributed by atoms with E-state index in [0.29, 0.717) is 12.1 Å². The van der Waals surface area contributed by atoms with Gasteiger partial charge < -0.3 is 0 Å². The fourth-order valence-electron chi connectivity index (χ4n) is 3.39. The van der Waals surface area contributed by atoms with E-state index < -0.39 is 52.0 Å². The van der Waals surface area contributed by atoms with Crippen LogP contribution in [0.5, 0.6) is 0 Å². The van der Waals surface area contributed by atoms with Gasteiger partial charge in [-0.05, 0) is 55.7 Å². The zero-order valence-electron chi connectivity index (χ0n) is 15.7. The summed E-state index contributed by atoms with van der Waals surface area (Å²) >= 11 is 0. The van der Waals surface area contributed by atoms with Crippen molar-refractivity contribution in [3.63, 3.8) is 0 Å². The van der Waals surface area contributed by atoms with Crippen LogP contribution >= 0.6 is 0 Å². The molecule has 0 heterocycles. The van der Waals surface area contributed by atoms with E-state index in [1.807, 2.05) is 0 Å². The Hall–Kier alpha value is -2.97. The maximum Gasteiger partial charge on any atom is 0.417 e. The second kappa shape index (κ2) is 8.28. The molecule has 0 N–H and O–H groups in total. The highest BCUT2D eigenvalue weighted by atomic mass is 19.4.